The van der Waals surface area contributed by atoms with Crippen LogP contribution in [0.5, 0.6) is 0 Å². The van der Waals surface area contributed by atoms with Gasteiger partial charge in [-0.2, -0.15) is 0 Å². The summed E-state index contributed by atoms with van der Waals surface area (Å²) < 4.78 is 0. The summed E-state index contributed by atoms with van der Waals surface area (Å²) in [6.07, 6.45) is 1.72. The smallest absolute Gasteiger partial charge is 0.243 e. The van der Waals surface area contributed by atoms with E-state index in [1.165, 1.54) is 11.8 Å². The van der Waals surface area contributed by atoms with Crippen molar-refractivity contribution in [1.82, 2.24) is 5.01 Å². The monoisotopic (exact) mass is 172 g/mol. The Morgan fingerprint density at radius 1 is 1.91 bits per heavy atom. The number of hydrazine groups is 1. The molecule has 1 atom stereocenters. The van der Waals surface area contributed by atoms with E-state index in [1.54, 1.807) is 6.08 Å². The van der Waals surface area contributed by atoms with Crippen molar-refractivity contribution in [3.8, 4) is 0 Å². The Bertz CT molecular complexity index is 205. The van der Waals surface area contributed by atoms with E-state index in [2.05, 4.69) is 16.8 Å². The van der Waals surface area contributed by atoms with Crippen molar-refractivity contribution in [2.45, 2.75) is 5.50 Å². The number of nitrogens with zero attached hydrogens (tertiary/aromatic N) is 3. The average Bonchev–Trinajstić information content (AvgIpc) is 2.31. The van der Waals surface area contributed by atoms with Gasteiger partial charge in [0.25, 0.3) is 0 Å². The molecule has 0 aromatic rings. The topological polar surface area (TPSA) is 71.0 Å². The Kier molecular flexibility index (Phi) is 2.61. The molecule has 1 rings (SSSR count). The number of azo groups is 1. The van der Waals surface area contributed by atoms with Crippen LogP contribution in [0.3, 0.4) is 0 Å². The van der Waals surface area contributed by atoms with Crippen LogP contribution in [0.25, 0.3) is 0 Å². The van der Waals surface area contributed by atoms with Crippen molar-refractivity contribution < 1.29 is 4.79 Å². The third-order valence-electron chi connectivity index (χ3n) is 1.06. The molecule has 0 spiro atoms. The number of nitrogens with two attached hydrogens (primary N) is 1. The lowest BCUT2D eigenvalue weighted by atomic mass is 10.8. The molecule has 60 valence electrons. The second-order valence-corrected chi connectivity index (χ2v) is 2.94. The molecule has 5 nitrogen and oxygen atoms in total. The maximum absolute atomic E-state index is 10.6. The Morgan fingerprint density at radius 2 is 2.64 bits per heavy atom. The highest BCUT2D eigenvalue weighted by atomic mass is 32.2. The standard InChI is InChI=1S/C5H8N4OS/c1-2-3-11-5-8-7-4(10)9(5)6/h2,5H,1,3,6H2. The summed E-state index contributed by atoms with van der Waals surface area (Å²) in [4.78, 5) is 10.6. The zero-order valence-corrected chi connectivity index (χ0v) is 6.62. The zero-order valence-electron chi connectivity index (χ0n) is 5.80. The highest BCUT2D eigenvalue weighted by molar-refractivity contribution is 8.00. The van der Waals surface area contributed by atoms with E-state index in [0.717, 1.165) is 5.01 Å². The van der Waals surface area contributed by atoms with Crippen LogP contribution in [0.15, 0.2) is 22.9 Å². The second kappa shape index (κ2) is 3.49. The molecular formula is C5H8N4OS. The number of rotatable bonds is 3. The number of thioether (sulfide) groups is 1. The Morgan fingerprint density at radius 3 is 3.09 bits per heavy atom. The molecule has 1 heterocycles. The van der Waals surface area contributed by atoms with Crippen molar-refractivity contribution >= 4 is 17.8 Å². The summed E-state index contributed by atoms with van der Waals surface area (Å²) in [6.45, 7) is 3.53. The molecule has 1 aliphatic heterocycles. The molecule has 11 heavy (non-hydrogen) atoms. The minimum atomic E-state index is -0.494. The van der Waals surface area contributed by atoms with Crippen molar-refractivity contribution in [3.05, 3.63) is 12.7 Å². The van der Waals surface area contributed by atoms with Crippen molar-refractivity contribution in [3.63, 3.8) is 0 Å². The maximum atomic E-state index is 10.6. The van der Waals surface area contributed by atoms with Crippen LogP contribution < -0.4 is 5.84 Å². The number of carbonyl (C=O) groups excluding carboxylic acids is 1. The molecule has 0 aliphatic carbocycles. The molecule has 2 N–H and O–H groups in total. The van der Waals surface area contributed by atoms with Crippen LogP contribution in [0, 0.1) is 0 Å². The van der Waals surface area contributed by atoms with Crippen LogP contribution in [0.1, 0.15) is 0 Å². The first-order valence-electron chi connectivity index (χ1n) is 2.97. The molecule has 0 fully saturated rings. The van der Waals surface area contributed by atoms with E-state index in [1.807, 2.05) is 0 Å². The summed E-state index contributed by atoms with van der Waals surface area (Å²) in [7, 11) is 0. The van der Waals surface area contributed by atoms with Gasteiger partial charge in [-0.1, -0.05) is 11.2 Å². The van der Waals surface area contributed by atoms with Crippen molar-refractivity contribution in [1.29, 1.82) is 0 Å². The summed E-state index contributed by atoms with van der Waals surface area (Å²) in [5, 5.41) is 7.90. The van der Waals surface area contributed by atoms with Gasteiger partial charge in [0.2, 0.25) is 5.50 Å². The van der Waals surface area contributed by atoms with Gasteiger partial charge < -0.3 is 0 Å². The summed E-state index contributed by atoms with van der Waals surface area (Å²) in [5.74, 6) is 6.00. The van der Waals surface area contributed by atoms with Gasteiger partial charge in [-0.3, -0.25) is 0 Å². The molecule has 0 aromatic heterocycles. The maximum Gasteiger partial charge on any atom is 0.378 e. The summed E-state index contributed by atoms with van der Waals surface area (Å²) >= 11 is 1.40. The fourth-order valence-corrected chi connectivity index (χ4v) is 1.24. The lowest BCUT2D eigenvalue weighted by molar-refractivity contribution is 0.216. The number of amides is 2. The van der Waals surface area contributed by atoms with Gasteiger partial charge in [-0.25, -0.2) is 15.6 Å². The predicted octanol–water partition coefficient (Wildman–Crippen LogP) is 0.951. The Labute approximate surface area is 68.3 Å². The van der Waals surface area contributed by atoms with Gasteiger partial charge >= 0.3 is 6.03 Å². The third-order valence-corrected chi connectivity index (χ3v) is 2.11. The van der Waals surface area contributed by atoms with Gasteiger partial charge in [0.15, 0.2) is 0 Å². The number of hydrogen-bond donors (Lipinski definition) is 1. The second-order valence-electron chi connectivity index (χ2n) is 1.85. The molecule has 0 saturated carbocycles. The minimum absolute atomic E-state index is 0.375. The quantitative estimate of drug-likeness (QED) is 0.391. The van der Waals surface area contributed by atoms with Crippen LogP contribution in [0.4, 0.5) is 4.79 Å². The van der Waals surface area contributed by atoms with Gasteiger partial charge in [-0.15, -0.1) is 23.5 Å². The highest BCUT2D eigenvalue weighted by Crippen LogP contribution is 2.20. The Hall–Kier alpha value is -0.880. The van der Waals surface area contributed by atoms with E-state index in [0.29, 0.717) is 5.75 Å². The van der Waals surface area contributed by atoms with Gasteiger partial charge in [-0.05, 0) is 0 Å². The van der Waals surface area contributed by atoms with Gasteiger partial charge in [0, 0.05) is 5.75 Å². The minimum Gasteiger partial charge on any atom is -0.243 e. The van der Waals surface area contributed by atoms with Crippen LogP contribution in [-0.4, -0.2) is 22.3 Å². The molecule has 0 radical (unpaired) electrons. The molecule has 0 bridgehead atoms. The first-order chi connectivity index (χ1) is 5.25. The number of hydrogen-bond acceptors (Lipinski definition) is 4. The third kappa shape index (κ3) is 1.78. The molecule has 0 aromatic carbocycles. The van der Waals surface area contributed by atoms with Crippen LogP contribution in [0.2, 0.25) is 0 Å². The Balaban J connectivity index is 2.42. The highest BCUT2D eigenvalue weighted by Gasteiger charge is 2.25. The zero-order chi connectivity index (χ0) is 8.27. The fraction of sp³-hybridized carbons (Fsp3) is 0.400. The first-order valence-corrected chi connectivity index (χ1v) is 4.02. The van der Waals surface area contributed by atoms with E-state index in [4.69, 9.17) is 5.84 Å². The van der Waals surface area contributed by atoms with Gasteiger partial charge in [0.1, 0.15) is 0 Å². The summed E-state index contributed by atoms with van der Waals surface area (Å²) in [6, 6.07) is -0.494. The lowest BCUT2D eigenvalue weighted by Crippen LogP contribution is -2.37. The number of urea groups is 1. The van der Waals surface area contributed by atoms with Gasteiger partial charge in [0.05, 0.1) is 0 Å². The van der Waals surface area contributed by atoms with Crippen molar-refractivity contribution in [2.24, 2.45) is 16.1 Å². The molecular weight excluding hydrogens is 164 g/mol. The van der Waals surface area contributed by atoms with Crippen molar-refractivity contribution in [2.75, 3.05) is 5.75 Å². The predicted molar refractivity (Wildman–Crippen MR) is 42.7 cm³/mol. The van der Waals surface area contributed by atoms with E-state index in [-0.39, 0.29) is 5.50 Å². The SMILES string of the molecule is C=CCSC1N=NC(=O)N1N. The molecule has 2 amide bonds. The number of carbonyl (C=O) groups is 1. The van der Waals surface area contributed by atoms with Crippen LogP contribution >= 0.6 is 11.8 Å². The first kappa shape index (κ1) is 8.22. The van der Waals surface area contributed by atoms with Crippen LogP contribution in [-0.2, 0) is 0 Å². The van der Waals surface area contributed by atoms with E-state index in [9.17, 15) is 4.79 Å². The fourth-order valence-electron chi connectivity index (χ4n) is 0.568. The molecule has 0 saturated heterocycles. The normalized spacial score (nSPS) is 22.8. The lowest BCUT2D eigenvalue weighted by Gasteiger charge is -2.12. The molecule has 1 aliphatic rings. The van der Waals surface area contributed by atoms with E-state index < -0.39 is 6.03 Å². The molecule has 6 heteroatoms. The average molecular weight is 172 g/mol. The summed E-state index contributed by atoms with van der Waals surface area (Å²) in [5.41, 5.74) is -0.375. The molecule has 1 unspecified atom stereocenters. The van der Waals surface area contributed by atoms with E-state index >= 15 is 0 Å². The largest absolute Gasteiger partial charge is 0.378 e.